The van der Waals surface area contributed by atoms with Crippen LogP contribution in [0.1, 0.15) is 29.5 Å². The third kappa shape index (κ3) is 2.36. The molecule has 0 aliphatic carbocycles. The van der Waals surface area contributed by atoms with Gasteiger partial charge < -0.3 is 10.1 Å². The molecule has 1 aliphatic heterocycles. The highest BCUT2D eigenvalue weighted by atomic mass is 16.5. The molecular weight excluding hydrogens is 254 g/mol. The molecule has 0 saturated carbocycles. The zero-order valence-corrected chi connectivity index (χ0v) is 12.2. The largest absolute Gasteiger partial charge is 0.372 e. The van der Waals surface area contributed by atoms with Gasteiger partial charge in [0.25, 0.3) is 0 Å². The van der Waals surface area contributed by atoms with Gasteiger partial charge in [0.1, 0.15) is 6.10 Å². The first-order valence-corrected chi connectivity index (χ1v) is 6.97. The fourth-order valence-corrected chi connectivity index (χ4v) is 2.71. The van der Waals surface area contributed by atoms with Gasteiger partial charge in [-0.3, -0.25) is 9.36 Å². The summed E-state index contributed by atoms with van der Waals surface area (Å²) >= 11 is 0. The molecule has 6 nitrogen and oxygen atoms in total. The third-order valence-corrected chi connectivity index (χ3v) is 4.14. The van der Waals surface area contributed by atoms with E-state index in [0.29, 0.717) is 6.04 Å². The molecule has 2 atom stereocenters. The van der Waals surface area contributed by atoms with Gasteiger partial charge >= 0.3 is 0 Å². The summed E-state index contributed by atoms with van der Waals surface area (Å²) in [7, 11) is 3.93. The number of ether oxygens (including phenoxy) is 1. The molecule has 0 bridgehead atoms. The van der Waals surface area contributed by atoms with Crippen molar-refractivity contribution in [2.45, 2.75) is 32.0 Å². The average Bonchev–Trinajstić information content (AvgIpc) is 3.11. The topological polar surface area (TPSA) is 56.9 Å². The van der Waals surface area contributed by atoms with Crippen molar-refractivity contribution in [2.75, 3.05) is 6.61 Å². The first-order chi connectivity index (χ1) is 9.66. The SMILES string of the molecule is Cc1c([C@H]2OCC[C@@H]2NCc2ccnn2C)cnn1C. The van der Waals surface area contributed by atoms with E-state index in [9.17, 15) is 0 Å². The van der Waals surface area contributed by atoms with Gasteiger partial charge in [0.15, 0.2) is 0 Å². The number of nitrogens with one attached hydrogen (secondary N) is 1. The number of nitrogens with zero attached hydrogens (tertiary/aromatic N) is 4. The van der Waals surface area contributed by atoms with Crippen molar-refractivity contribution in [3.63, 3.8) is 0 Å². The predicted molar refractivity (Wildman–Crippen MR) is 75.1 cm³/mol. The molecule has 1 saturated heterocycles. The van der Waals surface area contributed by atoms with E-state index in [2.05, 4.69) is 22.4 Å². The van der Waals surface area contributed by atoms with Crippen LogP contribution in [0.2, 0.25) is 0 Å². The molecular formula is C14H21N5O. The molecule has 0 amide bonds. The summed E-state index contributed by atoms with van der Waals surface area (Å²) in [5.41, 5.74) is 3.54. The fourth-order valence-electron chi connectivity index (χ4n) is 2.71. The molecule has 1 fully saturated rings. The van der Waals surface area contributed by atoms with Gasteiger partial charge in [-0.15, -0.1) is 0 Å². The average molecular weight is 275 g/mol. The van der Waals surface area contributed by atoms with Gasteiger partial charge in [-0.25, -0.2) is 0 Å². The minimum absolute atomic E-state index is 0.0944. The Balaban J connectivity index is 1.70. The minimum Gasteiger partial charge on any atom is -0.372 e. The van der Waals surface area contributed by atoms with Crippen molar-refractivity contribution in [1.29, 1.82) is 0 Å². The lowest BCUT2D eigenvalue weighted by Crippen LogP contribution is -2.32. The van der Waals surface area contributed by atoms with Crippen LogP contribution in [0.15, 0.2) is 18.5 Å². The normalized spacial score (nSPS) is 22.6. The Hall–Kier alpha value is -1.66. The van der Waals surface area contributed by atoms with Crippen LogP contribution in [0.3, 0.4) is 0 Å². The van der Waals surface area contributed by atoms with Gasteiger partial charge in [-0.2, -0.15) is 10.2 Å². The van der Waals surface area contributed by atoms with Crippen molar-refractivity contribution >= 4 is 0 Å². The minimum atomic E-state index is 0.0944. The second-order valence-electron chi connectivity index (χ2n) is 5.32. The maximum Gasteiger partial charge on any atom is 0.101 e. The molecule has 1 N–H and O–H groups in total. The molecule has 0 radical (unpaired) electrons. The Kier molecular flexibility index (Phi) is 3.58. The first-order valence-electron chi connectivity index (χ1n) is 6.97. The lowest BCUT2D eigenvalue weighted by atomic mass is 10.0. The molecule has 108 valence electrons. The van der Waals surface area contributed by atoms with Crippen molar-refractivity contribution in [3.8, 4) is 0 Å². The van der Waals surface area contributed by atoms with Gasteiger partial charge in [-0.1, -0.05) is 0 Å². The number of aromatic nitrogens is 4. The lowest BCUT2D eigenvalue weighted by Gasteiger charge is -2.20. The first kappa shape index (κ1) is 13.3. The quantitative estimate of drug-likeness (QED) is 0.907. The molecule has 0 aromatic carbocycles. The van der Waals surface area contributed by atoms with E-state index in [1.807, 2.05) is 41.9 Å². The lowest BCUT2D eigenvalue weighted by molar-refractivity contribution is 0.0978. The molecule has 2 aromatic rings. The van der Waals surface area contributed by atoms with Crippen LogP contribution >= 0.6 is 0 Å². The number of aryl methyl sites for hydroxylation is 2. The van der Waals surface area contributed by atoms with E-state index in [-0.39, 0.29) is 6.10 Å². The van der Waals surface area contributed by atoms with E-state index < -0.39 is 0 Å². The number of hydrogen-bond donors (Lipinski definition) is 1. The van der Waals surface area contributed by atoms with Crippen molar-refractivity contribution in [2.24, 2.45) is 14.1 Å². The Morgan fingerprint density at radius 1 is 1.35 bits per heavy atom. The maximum absolute atomic E-state index is 5.91. The van der Waals surface area contributed by atoms with Crippen LogP contribution in [0.4, 0.5) is 0 Å². The number of hydrogen-bond acceptors (Lipinski definition) is 4. The zero-order chi connectivity index (χ0) is 14.1. The van der Waals surface area contributed by atoms with Crippen LogP contribution < -0.4 is 5.32 Å². The Morgan fingerprint density at radius 3 is 2.85 bits per heavy atom. The molecule has 0 spiro atoms. The Bertz CT molecular complexity index is 588. The monoisotopic (exact) mass is 275 g/mol. The van der Waals surface area contributed by atoms with Crippen molar-refractivity contribution in [1.82, 2.24) is 24.9 Å². The smallest absolute Gasteiger partial charge is 0.101 e. The molecule has 3 rings (SSSR count). The van der Waals surface area contributed by atoms with E-state index in [0.717, 1.165) is 19.6 Å². The van der Waals surface area contributed by atoms with Crippen LogP contribution in [-0.2, 0) is 25.4 Å². The highest BCUT2D eigenvalue weighted by Gasteiger charge is 2.31. The zero-order valence-electron chi connectivity index (χ0n) is 12.2. The van der Waals surface area contributed by atoms with Crippen LogP contribution in [0.5, 0.6) is 0 Å². The highest BCUT2D eigenvalue weighted by molar-refractivity contribution is 5.22. The summed E-state index contributed by atoms with van der Waals surface area (Å²) in [5, 5.41) is 12.1. The summed E-state index contributed by atoms with van der Waals surface area (Å²) in [6.07, 6.45) is 4.86. The standard InChI is InChI=1S/C14H21N5O/c1-10-12(9-17-18(10)2)14-13(5-7-20-14)15-8-11-4-6-16-19(11)3/h4,6,9,13-15H,5,7-8H2,1-3H3/t13-,14+/m0/s1. The van der Waals surface area contributed by atoms with Crippen molar-refractivity contribution < 1.29 is 4.74 Å². The molecule has 0 unspecified atom stereocenters. The number of rotatable bonds is 4. The maximum atomic E-state index is 5.91. The van der Waals surface area contributed by atoms with E-state index in [4.69, 9.17) is 4.74 Å². The fraction of sp³-hybridized carbons (Fsp3) is 0.571. The summed E-state index contributed by atoms with van der Waals surface area (Å²) in [6.45, 7) is 3.69. The molecule has 6 heteroatoms. The second kappa shape index (κ2) is 5.38. The van der Waals surface area contributed by atoms with Crippen molar-refractivity contribution in [3.05, 3.63) is 35.4 Å². The second-order valence-corrected chi connectivity index (χ2v) is 5.32. The molecule has 20 heavy (non-hydrogen) atoms. The third-order valence-electron chi connectivity index (χ3n) is 4.14. The summed E-state index contributed by atoms with van der Waals surface area (Å²) < 4.78 is 9.70. The van der Waals surface area contributed by atoms with E-state index in [1.54, 1.807) is 0 Å². The van der Waals surface area contributed by atoms with Gasteiger partial charge in [0.05, 0.1) is 11.9 Å². The van der Waals surface area contributed by atoms with Crippen LogP contribution in [-0.4, -0.2) is 32.2 Å². The van der Waals surface area contributed by atoms with Crippen LogP contribution in [0.25, 0.3) is 0 Å². The molecule has 3 heterocycles. The van der Waals surface area contributed by atoms with E-state index in [1.165, 1.54) is 17.0 Å². The van der Waals surface area contributed by atoms with Gasteiger partial charge in [-0.05, 0) is 19.4 Å². The molecule has 1 aliphatic rings. The van der Waals surface area contributed by atoms with Gasteiger partial charge in [0.2, 0.25) is 0 Å². The molecule has 2 aromatic heterocycles. The predicted octanol–water partition coefficient (Wildman–Crippen LogP) is 1.08. The highest BCUT2D eigenvalue weighted by Crippen LogP contribution is 2.31. The summed E-state index contributed by atoms with van der Waals surface area (Å²) in [4.78, 5) is 0. The van der Waals surface area contributed by atoms with E-state index >= 15 is 0 Å². The Morgan fingerprint density at radius 2 is 2.20 bits per heavy atom. The summed E-state index contributed by atoms with van der Waals surface area (Å²) in [6, 6.07) is 2.36. The summed E-state index contributed by atoms with van der Waals surface area (Å²) in [5.74, 6) is 0. The van der Waals surface area contributed by atoms with Gasteiger partial charge in [0, 0.05) is 50.7 Å². The van der Waals surface area contributed by atoms with Crippen LogP contribution in [0, 0.1) is 6.92 Å². The Labute approximate surface area is 118 Å².